The number of carbonyl (C=O) groups excluding carboxylic acids is 3. The Morgan fingerprint density at radius 3 is 2.37 bits per heavy atom. The molecule has 2 amide bonds. The Morgan fingerprint density at radius 2 is 1.81 bits per heavy atom. The first-order valence-electron chi connectivity index (χ1n) is 8.10. The molecule has 0 bridgehead atoms. The summed E-state index contributed by atoms with van der Waals surface area (Å²) in [5.74, 6) is -3.16. The fourth-order valence-corrected chi connectivity index (χ4v) is 3.44. The van der Waals surface area contributed by atoms with Gasteiger partial charge >= 0.3 is 11.5 Å². The van der Waals surface area contributed by atoms with Crippen LogP contribution in [0, 0.1) is 12.5 Å². The van der Waals surface area contributed by atoms with E-state index in [0.29, 0.717) is 16.3 Å². The number of imide groups is 1. The largest absolute Gasteiger partial charge is 0.463 e. The molecule has 0 spiro atoms. The smallest absolute Gasteiger partial charge is 0.399 e. The SMILES string of the molecule is [C-]#[N+][C@@](C(=O)OC)(c1ccccc1)[C@H]1CC(=O)N(c2ccc(Cl)cc2)C1=O. The topological polar surface area (TPSA) is 68.0 Å². The van der Waals surface area contributed by atoms with Crippen molar-refractivity contribution in [2.75, 3.05) is 12.0 Å². The number of anilines is 1. The van der Waals surface area contributed by atoms with Gasteiger partial charge in [0.25, 0.3) is 0 Å². The van der Waals surface area contributed by atoms with Crippen molar-refractivity contribution >= 4 is 35.1 Å². The van der Waals surface area contributed by atoms with Gasteiger partial charge in [-0.05, 0) is 24.3 Å². The number of amides is 2. The minimum Gasteiger partial charge on any atom is -0.463 e. The van der Waals surface area contributed by atoms with E-state index in [0.717, 1.165) is 12.0 Å². The number of esters is 1. The number of hydrogen-bond donors (Lipinski definition) is 0. The highest BCUT2D eigenvalue weighted by atomic mass is 35.5. The van der Waals surface area contributed by atoms with Gasteiger partial charge in [-0.3, -0.25) is 14.4 Å². The van der Waals surface area contributed by atoms with E-state index in [9.17, 15) is 14.4 Å². The third kappa shape index (κ3) is 2.96. The molecule has 0 saturated carbocycles. The minimum atomic E-state index is -1.93. The molecule has 0 radical (unpaired) electrons. The fourth-order valence-electron chi connectivity index (χ4n) is 3.32. The summed E-state index contributed by atoms with van der Waals surface area (Å²) in [6.45, 7) is 7.72. The molecule has 1 heterocycles. The van der Waals surface area contributed by atoms with E-state index in [2.05, 4.69) is 4.85 Å². The number of rotatable bonds is 4. The predicted molar refractivity (Wildman–Crippen MR) is 98.8 cm³/mol. The summed E-state index contributed by atoms with van der Waals surface area (Å²) in [6, 6.07) is 14.4. The van der Waals surface area contributed by atoms with E-state index in [-0.39, 0.29) is 6.42 Å². The fraction of sp³-hybridized carbons (Fsp3) is 0.200. The lowest BCUT2D eigenvalue weighted by Gasteiger charge is -2.24. The summed E-state index contributed by atoms with van der Waals surface area (Å²) < 4.78 is 4.86. The number of halogens is 1. The second kappa shape index (κ2) is 7.22. The Labute approximate surface area is 161 Å². The first kappa shape index (κ1) is 18.6. The Kier molecular flexibility index (Phi) is 4.98. The Bertz CT molecular complexity index is 937. The first-order chi connectivity index (χ1) is 13.0. The van der Waals surface area contributed by atoms with Crippen LogP contribution >= 0.6 is 11.6 Å². The van der Waals surface area contributed by atoms with Crippen molar-refractivity contribution in [3.63, 3.8) is 0 Å². The zero-order valence-electron chi connectivity index (χ0n) is 14.4. The van der Waals surface area contributed by atoms with E-state index in [4.69, 9.17) is 22.9 Å². The van der Waals surface area contributed by atoms with Gasteiger partial charge in [-0.25, -0.2) is 16.3 Å². The molecule has 6 nitrogen and oxygen atoms in total. The highest BCUT2D eigenvalue weighted by Crippen LogP contribution is 2.43. The van der Waals surface area contributed by atoms with Gasteiger partial charge in [0.15, 0.2) is 0 Å². The second-order valence-electron chi connectivity index (χ2n) is 6.04. The van der Waals surface area contributed by atoms with Crippen molar-refractivity contribution in [2.24, 2.45) is 5.92 Å². The van der Waals surface area contributed by atoms with E-state index in [1.165, 1.54) is 0 Å². The molecule has 7 heteroatoms. The molecule has 1 aliphatic heterocycles. The van der Waals surface area contributed by atoms with Crippen LogP contribution in [0.2, 0.25) is 5.02 Å². The van der Waals surface area contributed by atoms with Crippen LogP contribution in [-0.4, -0.2) is 24.9 Å². The summed E-state index contributed by atoms with van der Waals surface area (Å²) in [5, 5.41) is 0.462. The van der Waals surface area contributed by atoms with Crippen molar-refractivity contribution in [1.82, 2.24) is 0 Å². The van der Waals surface area contributed by atoms with Gasteiger partial charge in [0.05, 0.1) is 12.8 Å². The van der Waals surface area contributed by atoms with Crippen LogP contribution in [-0.2, 0) is 24.7 Å². The van der Waals surface area contributed by atoms with E-state index in [1.54, 1.807) is 54.6 Å². The van der Waals surface area contributed by atoms with E-state index >= 15 is 0 Å². The number of hydrogen-bond acceptors (Lipinski definition) is 4. The van der Waals surface area contributed by atoms with Crippen LogP contribution in [0.4, 0.5) is 5.69 Å². The van der Waals surface area contributed by atoms with Gasteiger partial charge in [0.1, 0.15) is 5.92 Å². The van der Waals surface area contributed by atoms with Gasteiger partial charge in [-0.2, -0.15) is 0 Å². The molecule has 2 atom stereocenters. The highest BCUT2D eigenvalue weighted by molar-refractivity contribution is 6.30. The van der Waals surface area contributed by atoms with Gasteiger partial charge in [0, 0.05) is 17.0 Å². The van der Waals surface area contributed by atoms with Gasteiger partial charge in [0.2, 0.25) is 11.8 Å². The standard InChI is InChI=1S/C20H15ClN2O4/c1-22-20(19(26)27-2,13-6-4-3-5-7-13)16-12-17(24)23(18(16)25)15-10-8-14(21)9-11-15/h3-11,16H,12H2,2H3/t16-,20-/m0/s1. The van der Waals surface area contributed by atoms with Crippen LogP contribution in [0.15, 0.2) is 54.6 Å². The van der Waals surface area contributed by atoms with Gasteiger partial charge in [-0.15, -0.1) is 0 Å². The molecule has 1 aliphatic rings. The molecular weight excluding hydrogens is 368 g/mol. The first-order valence-corrected chi connectivity index (χ1v) is 8.48. The van der Waals surface area contributed by atoms with Crippen LogP contribution in [0.3, 0.4) is 0 Å². The van der Waals surface area contributed by atoms with Crippen LogP contribution in [0.25, 0.3) is 4.85 Å². The molecular formula is C20H15ClN2O4. The van der Waals surface area contributed by atoms with Crippen molar-refractivity contribution in [1.29, 1.82) is 0 Å². The van der Waals surface area contributed by atoms with Crippen LogP contribution < -0.4 is 4.90 Å². The molecule has 2 aromatic carbocycles. The second-order valence-corrected chi connectivity index (χ2v) is 6.47. The van der Waals surface area contributed by atoms with Crippen LogP contribution in [0.1, 0.15) is 12.0 Å². The maximum atomic E-state index is 13.1. The van der Waals surface area contributed by atoms with Crippen molar-refractivity contribution in [3.8, 4) is 0 Å². The molecule has 1 fully saturated rings. The normalized spacial score (nSPS) is 18.7. The Hall–Kier alpha value is -3.17. The summed E-state index contributed by atoms with van der Waals surface area (Å²) >= 11 is 5.87. The molecule has 136 valence electrons. The molecule has 27 heavy (non-hydrogen) atoms. The van der Waals surface area contributed by atoms with Crippen molar-refractivity contribution < 1.29 is 19.1 Å². The minimum absolute atomic E-state index is 0.270. The number of carbonyl (C=O) groups is 3. The number of ether oxygens (including phenoxy) is 1. The molecule has 3 rings (SSSR count). The average molecular weight is 383 g/mol. The highest BCUT2D eigenvalue weighted by Gasteiger charge is 2.63. The summed E-state index contributed by atoms with van der Waals surface area (Å²) in [6.07, 6.45) is -0.270. The van der Waals surface area contributed by atoms with E-state index in [1.807, 2.05) is 0 Å². The maximum absolute atomic E-state index is 13.1. The van der Waals surface area contributed by atoms with Gasteiger partial charge < -0.3 is 4.74 Å². The monoisotopic (exact) mass is 382 g/mol. The van der Waals surface area contributed by atoms with Crippen LogP contribution in [0.5, 0.6) is 0 Å². The van der Waals surface area contributed by atoms with Crippen molar-refractivity contribution in [3.05, 3.63) is 76.6 Å². The quantitative estimate of drug-likeness (QED) is 0.462. The molecule has 0 unspecified atom stereocenters. The molecule has 1 saturated heterocycles. The predicted octanol–water partition coefficient (Wildman–Crippen LogP) is 3.21. The maximum Gasteiger partial charge on any atom is 0.399 e. The summed E-state index contributed by atoms with van der Waals surface area (Å²) in [4.78, 5) is 42.9. The molecule has 0 N–H and O–H groups in total. The number of benzene rings is 2. The van der Waals surface area contributed by atoms with Crippen molar-refractivity contribution in [2.45, 2.75) is 12.0 Å². The zero-order valence-corrected chi connectivity index (χ0v) is 15.1. The molecule has 0 aliphatic carbocycles. The third-order valence-electron chi connectivity index (χ3n) is 4.62. The lowest BCUT2D eigenvalue weighted by atomic mass is 9.77. The lowest BCUT2D eigenvalue weighted by Crippen LogP contribution is -2.45. The third-order valence-corrected chi connectivity index (χ3v) is 4.87. The Morgan fingerprint density at radius 1 is 1.19 bits per heavy atom. The van der Waals surface area contributed by atoms with Gasteiger partial charge in [-0.1, -0.05) is 41.9 Å². The summed E-state index contributed by atoms with van der Waals surface area (Å²) in [5.41, 5.74) is -1.27. The van der Waals surface area contributed by atoms with E-state index < -0.39 is 29.2 Å². The molecule has 2 aromatic rings. The summed E-state index contributed by atoms with van der Waals surface area (Å²) in [7, 11) is 1.16. The lowest BCUT2D eigenvalue weighted by molar-refractivity contribution is -0.149. The Balaban J connectivity index is 2.10. The number of nitrogens with zero attached hydrogens (tertiary/aromatic N) is 2. The average Bonchev–Trinajstić information content (AvgIpc) is 2.99. The molecule has 0 aromatic heterocycles. The number of methoxy groups -OCH3 is 1. The zero-order chi connectivity index (χ0) is 19.6.